The highest BCUT2D eigenvalue weighted by Gasteiger charge is 2.30. The quantitative estimate of drug-likeness (QED) is 0.487. The minimum absolute atomic E-state index is 0.0291. The highest BCUT2D eigenvalue weighted by Crippen LogP contribution is 2.24. The van der Waals surface area contributed by atoms with Gasteiger partial charge in [0.1, 0.15) is 6.04 Å². The molecule has 0 unspecified atom stereocenters. The summed E-state index contributed by atoms with van der Waals surface area (Å²) in [6.07, 6.45) is 2.77. The molecule has 0 aromatic heterocycles. The molecule has 104 valence electrons. The van der Waals surface area contributed by atoms with Gasteiger partial charge in [-0.15, -0.1) is 0 Å². The summed E-state index contributed by atoms with van der Waals surface area (Å²) in [5, 5.41) is 28.9. The Labute approximate surface area is 105 Å². The molecular formula is C11H20N2O5. The number of carboxylic acids is 1. The standard InChI is InChI=1S/C11H20N2O5/c14-6-4-9(10(16)17)12-11(18)13(5-7-15)8-2-1-3-8/h8-9,14-15H,1-7H2,(H,12,18)(H,16,17)/t9-/m1/s1. The largest absolute Gasteiger partial charge is 0.480 e. The Kier molecular flexibility index (Phi) is 5.87. The van der Waals surface area contributed by atoms with Crippen LogP contribution >= 0.6 is 0 Å². The van der Waals surface area contributed by atoms with Gasteiger partial charge in [-0.3, -0.25) is 0 Å². The zero-order valence-corrected chi connectivity index (χ0v) is 10.2. The van der Waals surface area contributed by atoms with Crippen LogP contribution in [0.3, 0.4) is 0 Å². The first kappa shape index (κ1) is 14.7. The van der Waals surface area contributed by atoms with E-state index in [2.05, 4.69) is 5.32 Å². The van der Waals surface area contributed by atoms with Crippen molar-refractivity contribution in [3.05, 3.63) is 0 Å². The van der Waals surface area contributed by atoms with Crippen molar-refractivity contribution >= 4 is 12.0 Å². The predicted molar refractivity (Wildman–Crippen MR) is 63.1 cm³/mol. The molecule has 4 N–H and O–H groups in total. The summed E-state index contributed by atoms with van der Waals surface area (Å²) in [5.41, 5.74) is 0. The van der Waals surface area contributed by atoms with Crippen molar-refractivity contribution in [1.29, 1.82) is 0 Å². The number of hydrogen-bond acceptors (Lipinski definition) is 4. The Morgan fingerprint density at radius 1 is 1.28 bits per heavy atom. The second kappa shape index (κ2) is 7.17. The number of rotatable bonds is 7. The number of amides is 2. The monoisotopic (exact) mass is 260 g/mol. The molecule has 1 saturated carbocycles. The van der Waals surface area contributed by atoms with E-state index in [9.17, 15) is 9.59 Å². The van der Waals surface area contributed by atoms with Gasteiger partial charge in [-0.2, -0.15) is 0 Å². The van der Waals surface area contributed by atoms with Crippen LogP contribution in [0.1, 0.15) is 25.7 Å². The van der Waals surface area contributed by atoms with E-state index in [1.165, 1.54) is 4.90 Å². The molecule has 0 aromatic rings. The average molecular weight is 260 g/mol. The molecule has 0 spiro atoms. The third kappa shape index (κ3) is 3.85. The Hall–Kier alpha value is -1.34. The van der Waals surface area contributed by atoms with Crippen LogP contribution in [0, 0.1) is 0 Å². The molecule has 7 nitrogen and oxygen atoms in total. The summed E-state index contributed by atoms with van der Waals surface area (Å²) < 4.78 is 0. The molecule has 1 aliphatic rings. The molecule has 1 fully saturated rings. The Balaban J connectivity index is 2.55. The third-order valence-electron chi connectivity index (χ3n) is 3.13. The van der Waals surface area contributed by atoms with E-state index in [4.69, 9.17) is 15.3 Å². The molecule has 0 heterocycles. The van der Waals surface area contributed by atoms with Crippen LogP contribution in [0.5, 0.6) is 0 Å². The molecule has 0 bridgehead atoms. The van der Waals surface area contributed by atoms with Gasteiger partial charge in [-0.25, -0.2) is 9.59 Å². The summed E-state index contributed by atoms with van der Waals surface area (Å²) in [6.45, 7) is -0.260. The third-order valence-corrected chi connectivity index (χ3v) is 3.13. The van der Waals surface area contributed by atoms with Crippen molar-refractivity contribution in [2.45, 2.75) is 37.8 Å². The number of hydrogen-bond donors (Lipinski definition) is 4. The molecule has 0 aromatic carbocycles. The van der Waals surface area contributed by atoms with Crippen LogP contribution in [0.15, 0.2) is 0 Å². The van der Waals surface area contributed by atoms with Gasteiger partial charge in [0.25, 0.3) is 0 Å². The zero-order valence-electron chi connectivity index (χ0n) is 10.2. The number of aliphatic carboxylic acids is 1. The molecule has 1 aliphatic carbocycles. The lowest BCUT2D eigenvalue weighted by atomic mass is 9.91. The van der Waals surface area contributed by atoms with E-state index in [1.807, 2.05) is 0 Å². The number of urea groups is 1. The van der Waals surface area contributed by atoms with E-state index >= 15 is 0 Å². The highest BCUT2D eigenvalue weighted by molar-refractivity contribution is 5.82. The van der Waals surface area contributed by atoms with Gasteiger partial charge < -0.3 is 25.5 Å². The lowest BCUT2D eigenvalue weighted by Crippen LogP contribution is -2.54. The molecule has 7 heteroatoms. The van der Waals surface area contributed by atoms with Crippen molar-refractivity contribution in [2.24, 2.45) is 0 Å². The van der Waals surface area contributed by atoms with Crippen LogP contribution in [0.4, 0.5) is 4.79 Å². The first-order chi connectivity index (χ1) is 8.60. The van der Waals surface area contributed by atoms with Crippen molar-refractivity contribution in [1.82, 2.24) is 10.2 Å². The number of aliphatic hydroxyl groups excluding tert-OH is 2. The molecule has 0 aliphatic heterocycles. The SMILES string of the molecule is O=C(O)[C@@H](CCO)NC(=O)N(CCO)C1CCC1. The normalized spacial score (nSPS) is 16.8. The molecule has 0 radical (unpaired) electrons. The fraction of sp³-hybridized carbons (Fsp3) is 0.818. The summed E-state index contributed by atoms with van der Waals surface area (Å²) in [4.78, 5) is 24.2. The zero-order chi connectivity index (χ0) is 13.5. The van der Waals surface area contributed by atoms with Crippen LogP contribution in [0.25, 0.3) is 0 Å². The summed E-state index contributed by atoms with van der Waals surface area (Å²) >= 11 is 0. The van der Waals surface area contributed by atoms with Gasteiger partial charge in [-0.1, -0.05) is 0 Å². The second-order valence-electron chi connectivity index (χ2n) is 4.35. The molecule has 1 atom stereocenters. The van der Waals surface area contributed by atoms with Crippen molar-refractivity contribution < 1.29 is 24.9 Å². The van der Waals surface area contributed by atoms with E-state index in [1.54, 1.807) is 0 Å². The fourth-order valence-corrected chi connectivity index (χ4v) is 1.87. The second-order valence-corrected chi connectivity index (χ2v) is 4.35. The average Bonchev–Trinajstić information content (AvgIpc) is 2.25. The first-order valence-electron chi connectivity index (χ1n) is 6.11. The number of carboxylic acid groups (broad SMARTS) is 1. The molecular weight excluding hydrogens is 240 g/mol. The fourth-order valence-electron chi connectivity index (χ4n) is 1.87. The lowest BCUT2D eigenvalue weighted by molar-refractivity contribution is -0.139. The van der Waals surface area contributed by atoms with E-state index < -0.39 is 18.0 Å². The van der Waals surface area contributed by atoms with Crippen LogP contribution in [0.2, 0.25) is 0 Å². The van der Waals surface area contributed by atoms with Gasteiger partial charge in [0, 0.05) is 25.6 Å². The maximum atomic E-state index is 11.9. The van der Waals surface area contributed by atoms with Crippen LogP contribution in [-0.2, 0) is 4.79 Å². The van der Waals surface area contributed by atoms with Gasteiger partial charge in [-0.05, 0) is 19.3 Å². The Morgan fingerprint density at radius 3 is 2.33 bits per heavy atom. The van der Waals surface area contributed by atoms with Gasteiger partial charge in [0.2, 0.25) is 0 Å². The van der Waals surface area contributed by atoms with Crippen molar-refractivity contribution in [3.8, 4) is 0 Å². The van der Waals surface area contributed by atoms with Gasteiger partial charge in [0.05, 0.1) is 6.61 Å². The van der Waals surface area contributed by atoms with E-state index in [-0.39, 0.29) is 32.2 Å². The number of nitrogens with one attached hydrogen (secondary N) is 1. The highest BCUT2D eigenvalue weighted by atomic mass is 16.4. The number of nitrogens with zero attached hydrogens (tertiary/aromatic N) is 1. The van der Waals surface area contributed by atoms with Crippen molar-refractivity contribution in [2.75, 3.05) is 19.8 Å². The maximum absolute atomic E-state index is 11.9. The Morgan fingerprint density at radius 2 is 1.94 bits per heavy atom. The van der Waals surface area contributed by atoms with E-state index in [0.717, 1.165) is 19.3 Å². The maximum Gasteiger partial charge on any atom is 0.326 e. The molecule has 2 amide bonds. The van der Waals surface area contributed by atoms with Crippen LogP contribution in [-0.4, -0.2) is 64.1 Å². The van der Waals surface area contributed by atoms with Gasteiger partial charge >= 0.3 is 12.0 Å². The number of carbonyl (C=O) groups is 2. The van der Waals surface area contributed by atoms with Gasteiger partial charge in [0.15, 0.2) is 0 Å². The summed E-state index contributed by atoms with van der Waals surface area (Å²) in [5.74, 6) is -1.17. The smallest absolute Gasteiger partial charge is 0.326 e. The summed E-state index contributed by atoms with van der Waals surface area (Å²) in [7, 11) is 0. The molecule has 1 rings (SSSR count). The van der Waals surface area contributed by atoms with Crippen LogP contribution < -0.4 is 5.32 Å². The molecule has 18 heavy (non-hydrogen) atoms. The minimum Gasteiger partial charge on any atom is -0.480 e. The number of carbonyl (C=O) groups excluding carboxylic acids is 1. The Bertz CT molecular complexity index is 293. The number of aliphatic hydroxyl groups is 2. The molecule has 0 saturated heterocycles. The summed E-state index contributed by atoms with van der Waals surface area (Å²) in [6, 6.07) is -1.50. The minimum atomic E-state index is -1.17. The van der Waals surface area contributed by atoms with E-state index in [0.29, 0.717) is 0 Å². The topological polar surface area (TPSA) is 110 Å². The lowest BCUT2D eigenvalue weighted by Gasteiger charge is -2.37. The predicted octanol–water partition coefficient (Wildman–Crippen LogP) is -0.622. The first-order valence-corrected chi connectivity index (χ1v) is 6.11. The van der Waals surface area contributed by atoms with Crippen molar-refractivity contribution in [3.63, 3.8) is 0 Å².